The van der Waals surface area contributed by atoms with Gasteiger partial charge >= 0.3 is 0 Å². The summed E-state index contributed by atoms with van der Waals surface area (Å²) in [5.74, 6) is 0. The molecule has 2 radical (unpaired) electrons. The first-order chi connectivity index (χ1) is 12.9. The van der Waals surface area contributed by atoms with Gasteiger partial charge in [-0.3, -0.25) is 0 Å². The molecule has 3 nitrogen and oxygen atoms in total. The van der Waals surface area contributed by atoms with E-state index in [-0.39, 0.29) is 0 Å². The summed E-state index contributed by atoms with van der Waals surface area (Å²) in [6.07, 6.45) is 8.91. The number of allylic oxidation sites excluding steroid dienone is 3. The normalized spacial score (nSPS) is 16.0. The van der Waals surface area contributed by atoms with Crippen LogP contribution in [0.25, 0.3) is 11.6 Å². The number of aryl methyl sites for hydroxylation is 3. The topological polar surface area (TPSA) is 43.3 Å². The molecule has 2 N–H and O–H groups in total. The fourth-order valence-corrected chi connectivity index (χ4v) is 3.43. The molecular weight excluding hydrogens is 329 g/mol. The van der Waals surface area contributed by atoms with Gasteiger partial charge in [0.25, 0.3) is 0 Å². The van der Waals surface area contributed by atoms with E-state index in [2.05, 4.69) is 58.1 Å². The summed E-state index contributed by atoms with van der Waals surface area (Å²) >= 11 is 0. The lowest BCUT2D eigenvalue weighted by Crippen LogP contribution is -2.05. The Kier molecular flexibility index (Phi) is 5.66. The van der Waals surface area contributed by atoms with Gasteiger partial charge in [0.15, 0.2) is 0 Å². The summed E-state index contributed by atoms with van der Waals surface area (Å²) in [4.78, 5) is 4.86. The first kappa shape index (κ1) is 19.2. The molecule has 136 valence electrons. The van der Waals surface area contributed by atoms with E-state index in [9.17, 15) is 0 Å². The van der Waals surface area contributed by atoms with E-state index in [1.807, 2.05) is 18.3 Å². The van der Waals surface area contributed by atoms with Crippen LogP contribution in [-0.2, 0) is 0 Å². The molecule has 0 spiro atoms. The van der Waals surface area contributed by atoms with Crippen molar-refractivity contribution in [1.29, 1.82) is 0 Å². The molecule has 4 heteroatoms. The lowest BCUT2D eigenvalue weighted by atomic mass is 10.0. The minimum Gasteiger partial charge on any atom is -0.403 e. The average molecular weight is 355 g/mol. The minimum absolute atomic E-state index is 0.555. The second-order valence-electron chi connectivity index (χ2n) is 7.16. The number of aliphatic imine (C=N–C) groups is 1. The number of hydrogen-bond acceptors (Lipinski definition) is 2. The Labute approximate surface area is 163 Å². The molecule has 2 heterocycles. The largest absolute Gasteiger partial charge is 0.403 e. The first-order valence-corrected chi connectivity index (χ1v) is 9.30. The molecule has 3 rings (SSSR count). The number of aromatic nitrogens is 1. The predicted molar refractivity (Wildman–Crippen MR) is 117 cm³/mol. The van der Waals surface area contributed by atoms with E-state index in [0.29, 0.717) is 6.54 Å². The Morgan fingerprint density at radius 1 is 1.11 bits per heavy atom. The van der Waals surface area contributed by atoms with Gasteiger partial charge in [-0.15, -0.1) is 0 Å². The smallest absolute Gasteiger partial charge is 0.234 e. The van der Waals surface area contributed by atoms with Crippen molar-refractivity contribution in [3.8, 4) is 0 Å². The lowest BCUT2D eigenvalue weighted by molar-refractivity contribution is 0.997. The fourth-order valence-electron chi connectivity index (χ4n) is 3.43. The van der Waals surface area contributed by atoms with Gasteiger partial charge in [0, 0.05) is 11.3 Å². The quantitative estimate of drug-likeness (QED) is 0.788. The van der Waals surface area contributed by atoms with E-state index in [0.717, 1.165) is 34.7 Å². The molecular formula is C23H26BN3. The van der Waals surface area contributed by atoms with E-state index >= 15 is 0 Å². The molecule has 1 aliphatic rings. The van der Waals surface area contributed by atoms with Crippen LogP contribution in [0.2, 0.25) is 0 Å². The van der Waals surface area contributed by atoms with Crippen molar-refractivity contribution in [2.45, 2.75) is 34.1 Å². The number of rotatable bonds is 5. The number of nitrogens with two attached hydrogens (primary N) is 1. The van der Waals surface area contributed by atoms with Gasteiger partial charge in [0.1, 0.15) is 0 Å². The molecule has 0 saturated carbocycles. The van der Waals surface area contributed by atoms with Crippen LogP contribution in [0.4, 0.5) is 0 Å². The zero-order valence-corrected chi connectivity index (χ0v) is 16.6. The van der Waals surface area contributed by atoms with Gasteiger partial charge in [-0.1, -0.05) is 18.2 Å². The zero-order valence-electron chi connectivity index (χ0n) is 16.6. The third-order valence-corrected chi connectivity index (χ3v) is 5.06. The summed E-state index contributed by atoms with van der Waals surface area (Å²) < 4.78 is 1.63. The maximum atomic E-state index is 6.06. The highest BCUT2D eigenvalue weighted by Gasteiger charge is 2.17. The Morgan fingerprint density at radius 2 is 1.85 bits per heavy atom. The Balaban J connectivity index is 1.97. The highest BCUT2D eigenvalue weighted by molar-refractivity contribution is 6.11. The molecule has 2 aromatic rings. The van der Waals surface area contributed by atoms with Gasteiger partial charge in [0.2, 0.25) is 7.98 Å². The van der Waals surface area contributed by atoms with Crippen LogP contribution >= 0.6 is 0 Å². The SMILES string of the molecule is [B]n1cccc1/C(CCN)=C1N=C(/C=C/c2cc(C)c(C)cc2C)C=C\1C. The van der Waals surface area contributed by atoms with Gasteiger partial charge in [-0.25, -0.2) is 4.99 Å². The van der Waals surface area contributed by atoms with Crippen LogP contribution in [-0.4, -0.2) is 24.7 Å². The summed E-state index contributed by atoms with van der Waals surface area (Å²) in [5.41, 5.74) is 16.1. The van der Waals surface area contributed by atoms with Crippen molar-refractivity contribution in [2.75, 3.05) is 6.54 Å². The number of hydrogen-bond donors (Lipinski definition) is 1. The van der Waals surface area contributed by atoms with Crippen molar-refractivity contribution < 1.29 is 0 Å². The Morgan fingerprint density at radius 3 is 2.52 bits per heavy atom. The maximum Gasteiger partial charge on any atom is 0.234 e. The third kappa shape index (κ3) is 4.06. The molecule has 1 aromatic carbocycles. The van der Waals surface area contributed by atoms with E-state index in [4.69, 9.17) is 18.7 Å². The van der Waals surface area contributed by atoms with Crippen molar-refractivity contribution in [2.24, 2.45) is 10.7 Å². The summed E-state index contributed by atoms with van der Waals surface area (Å²) in [6.45, 7) is 9.07. The average Bonchev–Trinajstić information content (AvgIpc) is 3.20. The molecule has 0 atom stereocenters. The Hall–Kier alpha value is -2.59. The van der Waals surface area contributed by atoms with Crippen molar-refractivity contribution in [1.82, 2.24) is 4.48 Å². The molecule has 0 unspecified atom stereocenters. The molecule has 0 aliphatic carbocycles. The van der Waals surface area contributed by atoms with Gasteiger partial charge in [-0.2, -0.15) is 0 Å². The van der Waals surface area contributed by atoms with Crippen LogP contribution in [0.5, 0.6) is 0 Å². The minimum atomic E-state index is 0.555. The highest BCUT2D eigenvalue weighted by Crippen LogP contribution is 2.31. The highest BCUT2D eigenvalue weighted by atomic mass is 14.9. The van der Waals surface area contributed by atoms with E-state index in [1.165, 1.54) is 22.3 Å². The maximum absolute atomic E-state index is 6.06. The number of nitrogens with zero attached hydrogens (tertiary/aromatic N) is 2. The van der Waals surface area contributed by atoms with Crippen LogP contribution in [0.3, 0.4) is 0 Å². The van der Waals surface area contributed by atoms with Crippen molar-refractivity contribution >= 4 is 25.3 Å². The first-order valence-electron chi connectivity index (χ1n) is 9.30. The van der Waals surface area contributed by atoms with Gasteiger partial charge in [0.05, 0.1) is 11.4 Å². The second kappa shape index (κ2) is 7.97. The summed E-state index contributed by atoms with van der Waals surface area (Å²) in [7, 11) is 6.06. The van der Waals surface area contributed by atoms with Crippen molar-refractivity contribution in [3.63, 3.8) is 0 Å². The molecule has 0 bridgehead atoms. The van der Waals surface area contributed by atoms with Crippen LogP contribution in [0.15, 0.2) is 58.9 Å². The Bertz CT molecular complexity index is 987. The molecule has 0 amide bonds. The summed E-state index contributed by atoms with van der Waals surface area (Å²) in [5, 5.41) is 0. The molecule has 0 fully saturated rings. The monoisotopic (exact) mass is 355 g/mol. The molecule has 1 aromatic heterocycles. The zero-order chi connectivity index (χ0) is 19.6. The number of benzene rings is 1. The van der Waals surface area contributed by atoms with Crippen LogP contribution in [0, 0.1) is 20.8 Å². The fraction of sp³-hybridized carbons (Fsp3) is 0.261. The van der Waals surface area contributed by atoms with E-state index in [1.54, 1.807) is 4.48 Å². The molecule has 1 aliphatic heterocycles. The standard InChI is InChI=1S/C23H26BN3/c1-15-12-17(3)19(13-16(15)2)7-8-20-14-18(4)23(26-20)21(9-10-25)22-6-5-11-27(22)24/h5-8,11-14H,9-10,25H2,1-4H3/b8-7+,23-21-. The lowest BCUT2D eigenvalue weighted by Gasteiger charge is -2.11. The summed E-state index contributed by atoms with van der Waals surface area (Å²) in [6, 6.07) is 8.40. The van der Waals surface area contributed by atoms with E-state index < -0.39 is 0 Å². The van der Waals surface area contributed by atoms with Gasteiger partial charge in [-0.05, 0) is 99.0 Å². The molecule has 27 heavy (non-hydrogen) atoms. The second-order valence-corrected chi connectivity index (χ2v) is 7.16. The van der Waals surface area contributed by atoms with Crippen molar-refractivity contribution in [3.05, 3.63) is 81.8 Å². The van der Waals surface area contributed by atoms with Gasteiger partial charge < -0.3 is 10.2 Å². The predicted octanol–water partition coefficient (Wildman–Crippen LogP) is 4.52. The van der Waals surface area contributed by atoms with Crippen LogP contribution in [0.1, 0.15) is 41.3 Å². The van der Waals surface area contributed by atoms with Crippen LogP contribution < -0.4 is 5.73 Å². The molecule has 0 saturated heterocycles. The third-order valence-electron chi connectivity index (χ3n) is 5.06.